The molecule has 0 saturated carbocycles. The summed E-state index contributed by atoms with van der Waals surface area (Å²) in [5, 5.41) is 2.94. The Labute approximate surface area is 176 Å². The van der Waals surface area contributed by atoms with Crippen LogP contribution in [-0.2, 0) is 4.79 Å². The number of ether oxygens (including phenoxy) is 2. The van der Waals surface area contributed by atoms with Crippen LogP contribution in [0.15, 0.2) is 42.5 Å². The van der Waals surface area contributed by atoms with Crippen molar-refractivity contribution >= 4 is 11.8 Å². The fraction of sp³-hybridized carbons (Fsp3) is 0.391. The van der Waals surface area contributed by atoms with Crippen LogP contribution in [0.2, 0.25) is 0 Å². The van der Waals surface area contributed by atoms with E-state index in [4.69, 9.17) is 9.47 Å². The largest absolute Gasteiger partial charge is 0.497 e. The van der Waals surface area contributed by atoms with Gasteiger partial charge >= 0.3 is 0 Å². The van der Waals surface area contributed by atoms with Crippen LogP contribution in [0, 0.1) is 11.7 Å². The third kappa shape index (κ3) is 4.40. The Morgan fingerprint density at radius 1 is 1.10 bits per heavy atom. The van der Waals surface area contributed by atoms with Crippen LogP contribution in [0.4, 0.5) is 4.39 Å². The van der Waals surface area contributed by atoms with Crippen molar-refractivity contribution in [1.82, 2.24) is 10.2 Å². The highest BCUT2D eigenvalue weighted by Crippen LogP contribution is 2.39. The lowest BCUT2D eigenvalue weighted by molar-refractivity contribution is -0.125. The van der Waals surface area contributed by atoms with Crippen LogP contribution in [-0.4, -0.2) is 50.1 Å². The smallest absolute Gasteiger partial charge is 0.256 e. The van der Waals surface area contributed by atoms with Gasteiger partial charge in [-0.3, -0.25) is 9.59 Å². The molecule has 2 atom stereocenters. The molecule has 0 aliphatic carbocycles. The summed E-state index contributed by atoms with van der Waals surface area (Å²) in [6.07, 6.45) is 0. The molecule has 160 valence electrons. The van der Waals surface area contributed by atoms with E-state index in [-0.39, 0.29) is 36.5 Å². The lowest BCUT2D eigenvalue weighted by atomic mass is 9.87. The maximum absolute atomic E-state index is 14.2. The van der Waals surface area contributed by atoms with E-state index in [9.17, 15) is 14.0 Å². The van der Waals surface area contributed by atoms with E-state index < -0.39 is 17.6 Å². The van der Waals surface area contributed by atoms with Crippen LogP contribution in [0.5, 0.6) is 11.5 Å². The van der Waals surface area contributed by atoms with Crippen LogP contribution in [0.25, 0.3) is 0 Å². The zero-order valence-corrected chi connectivity index (χ0v) is 17.6. The van der Waals surface area contributed by atoms with Gasteiger partial charge in [0, 0.05) is 36.7 Å². The molecule has 0 bridgehead atoms. The number of carbonyl (C=O) groups is 2. The molecule has 1 aliphatic heterocycles. The number of benzene rings is 2. The van der Waals surface area contributed by atoms with Crippen molar-refractivity contribution in [3.05, 3.63) is 59.4 Å². The lowest BCUT2D eigenvalue weighted by Gasteiger charge is -2.21. The average molecular weight is 414 g/mol. The first-order chi connectivity index (χ1) is 14.3. The second-order valence-electron chi connectivity index (χ2n) is 7.67. The summed E-state index contributed by atoms with van der Waals surface area (Å²) >= 11 is 0. The standard InChI is InChI=1S/C23H27FN2O4/c1-14(2)25-22(27)19-13-26(23(28)17-7-5-6-8-20(17)24)12-18(19)16-10-9-15(29-3)11-21(16)30-4/h5-11,14,18-19H,12-13H2,1-4H3,(H,25,27). The van der Waals surface area contributed by atoms with Crippen molar-refractivity contribution in [3.8, 4) is 11.5 Å². The average Bonchev–Trinajstić information content (AvgIpc) is 3.18. The molecule has 30 heavy (non-hydrogen) atoms. The van der Waals surface area contributed by atoms with E-state index >= 15 is 0 Å². The third-order valence-corrected chi connectivity index (χ3v) is 5.32. The molecule has 1 fully saturated rings. The molecule has 6 nitrogen and oxygen atoms in total. The van der Waals surface area contributed by atoms with Gasteiger partial charge in [-0.05, 0) is 32.0 Å². The summed E-state index contributed by atoms with van der Waals surface area (Å²) < 4.78 is 25.0. The quantitative estimate of drug-likeness (QED) is 0.788. The van der Waals surface area contributed by atoms with Crippen LogP contribution < -0.4 is 14.8 Å². The number of hydrogen-bond acceptors (Lipinski definition) is 4. The molecule has 2 aromatic rings. The zero-order valence-electron chi connectivity index (χ0n) is 17.6. The number of hydrogen-bond donors (Lipinski definition) is 1. The molecule has 2 aromatic carbocycles. The fourth-order valence-corrected chi connectivity index (χ4v) is 3.87. The Balaban J connectivity index is 1.96. The molecule has 1 saturated heterocycles. The maximum atomic E-state index is 14.2. The van der Waals surface area contributed by atoms with Gasteiger partial charge in [0.15, 0.2) is 0 Å². The molecule has 2 unspecified atom stereocenters. The highest BCUT2D eigenvalue weighted by Gasteiger charge is 2.42. The van der Waals surface area contributed by atoms with Gasteiger partial charge in [0.05, 0.1) is 25.7 Å². The van der Waals surface area contributed by atoms with Gasteiger partial charge in [0.25, 0.3) is 5.91 Å². The number of likely N-dealkylation sites (tertiary alicyclic amines) is 1. The SMILES string of the molecule is COc1ccc(C2CN(C(=O)c3ccccc3F)CC2C(=O)NC(C)C)c(OC)c1. The van der Waals surface area contributed by atoms with Crippen LogP contribution in [0.1, 0.15) is 35.7 Å². The Hall–Kier alpha value is -3.09. The summed E-state index contributed by atoms with van der Waals surface area (Å²) in [5.41, 5.74) is 0.814. The van der Waals surface area contributed by atoms with Crippen LogP contribution >= 0.6 is 0 Å². The van der Waals surface area contributed by atoms with E-state index in [1.165, 1.54) is 17.0 Å². The maximum Gasteiger partial charge on any atom is 0.256 e. The van der Waals surface area contributed by atoms with E-state index in [2.05, 4.69) is 5.32 Å². The second-order valence-corrected chi connectivity index (χ2v) is 7.67. The summed E-state index contributed by atoms with van der Waals surface area (Å²) in [7, 11) is 3.12. The van der Waals surface area contributed by atoms with Gasteiger partial charge in [0.1, 0.15) is 17.3 Å². The second kappa shape index (κ2) is 9.15. The molecular formula is C23H27FN2O4. The zero-order chi connectivity index (χ0) is 21.8. The first kappa shape index (κ1) is 21.6. The molecule has 1 N–H and O–H groups in total. The van der Waals surface area contributed by atoms with Crippen molar-refractivity contribution in [2.24, 2.45) is 5.92 Å². The third-order valence-electron chi connectivity index (χ3n) is 5.32. The van der Waals surface area contributed by atoms with Crippen LogP contribution in [0.3, 0.4) is 0 Å². The van der Waals surface area contributed by atoms with Crippen molar-refractivity contribution in [2.45, 2.75) is 25.8 Å². The molecular weight excluding hydrogens is 387 g/mol. The molecule has 1 heterocycles. The van der Waals surface area contributed by atoms with Gasteiger partial charge in [-0.1, -0.05) is 18.2 Å². The van der Waals surface area contributed by atoms with Crippen molar-refractivity contribution in [3.63, 3.8) is 0 Å². The highest BCUT2D eigenvalue weighted by atomic mass is 19.1. The molecule has 3 rings (SSSR count). The first-order valence-corrected chi connectivity index (χ1v) is 9.91. The van der Waals surface area contributed by atoms with Crippen molar-refractivity contribution < 1.29 is 23.5 Å². The molecule has 2 amide bonds. The number of halogens is 1. The Morgan fingerprint density at radius 3 is 2.47 bits per heavy atom. The topological polar surface area (TPSA) is 67.9 Å². The minimum atomic E-state index is -0.573. The van der Waals surface area contributed by atoms with E-state index in [1.807, 2.05) is 19.9 Å². The number of nitrogens with one attached hydrogen (secondary N) is 1. The summed E-state index contributed by atoms with van der Waals surface area (Å²) in [4.78, 5) is 27.5. The number of nitrogens with zero attached hydrogens (tertiary/aromatic N) is 1. The van der Waals surface area contributed by atoms with E-state index in [1.54, 1.807) is 38.5 Å². The van der Waals surface area contributed by atoms with E-state index in [0.717, 1.165) is 5.56 Å². The van der Waals surface area contributed by atoms with Crippen molar-refractivity contribution in [1.29, 1.82) is 0 Å². The van der Waals surface area contributed by atoms with Gasteiger partial charge in [0.2, 0.25) is 5.91 Å². The minimum absolute atomic E-state index is 0.00265. The molecule has 0 aromatic heterocycles. The molecule has 1 aliphatic rings. The Morgan fingerprint density at radius 2 is 1.83 bits per heavy atom. The van der Waals surface area contributed by atoms with Gasteiger partial charge < -0.3 is 19.7 Å². The highest BCUT2D eigenvalue weighted by molar-refractivity contribution is 5.95. The van der Waals surface area contributed by atoms with Gasteiger partial charge in [-0.15, -0.1) is 0 Å². The lowest BCUT2D eigenvalue weighted by Crippen LogP contribution is -2.39. The number of amides is 2. The molecule has 7 heteroatoms. The summed E-state index contributed by atoms with van der Waals surface area (Å²) in [6.45, 7) is 4.26. The predicted molar refractivity (Wildman–Crippen MR) is 111 cm³/mol. The van der Waals surface area contributed by atoms with Crippen molar-refractivity contribution in [2.75, 3.05) is 27.3 Å². The Kier molecular flexibility index (Phi) is 6.59. The Bertz CT molecular complexity index is 931. The predicted octanol–water partition coefficient (Wildman–Crippen LogP) is 3.22. The first-order valence-electron chi connectivity index (χ1n) is 9.91. The van der Waals surface area contributed by atoms with Gasteiger partial charge in [-0.25, -0.2) is 4.39 Å². The minimum Gasteiger partial charge on any atom is -0.497 e. The number of methoxy groups -OCH3 is 2. The number of rotatable bonds is 6. The monoisotopic (exact) mass is 414 g/mol. The van der Waals surface area contributed by atoms with Gasteiger partial charge in [-0.2, -0.15) is 0 Å². The molecule has 0 spiro atoms. The summed E-state index contributed by atoms with van der Waals surface area (Å²) in [6, 6.07) is 11.3. The summed E-state index contributed by atoms with van der Waals surface area (Å²) in [5.74, 6) is -0.693. The fourth-order valence-electron chi connectivity index (χ4n) is 3.87. The van der Waals surface area contributed by atoms with E-state index in [0.29, 0.717) is 11.5 Å². The molecule has 0 radical (unpaired) electrons. The number of carbonyl (C=O) groups excluding carboxylic acids is 2. The normalized spacial score (nSPS) is 18.4.